The first-order valence-corrected chi connectivity index (χ1v) is 8.06. The molecule has 0 unspecified atom stereocenters. The summed E-state index contributed by atoms with van der Waals surface area (Å²) in [6, 6.07) is 14.9. The second-order valence-corrected chi connectivity index (χ2v) is 6.65. The van der Waals surface area contributed by atoms with E-state index in [9.17, 15) is 5.11 Å². The normalized spacial score (nSPS) is 26.1. The third-order valence-electron chi connectivity index (χ3n) is 4.85. The van der Waals surface area contributed by atoms with E-state index < -0.39 is 5.60 Å². The van der Waals surface area contributed by atoms with Crippen LogP contribution in [-0.4, -0.2) is 17.3 Å². The van der Waals surface area contributed by atoms with Crippen molar-refractivity contribution >= 4 is 10.8 Å². The summed E-state index contributed by atoms with van der Waals surface area (Å²) < 4.78 is 0. The molecule has 2 aromatic rings. The zero-order valence-electron chi connectivity index (χ0n) is 12.8. The van der Waals surface area contributed by atoms with Gasteiger partial charge >= 0.3 is 0 Å². The summed E-state index contributed by atoms with van der Waals surface area (Å²) in [5.74, 6) is 0.767. The predicted octanol–water partition coefficient (Wildman–Crippen LogP) is 3.87. The maximum Gasteiger partial charge on any atom is 0.0771 e. The van der Waals surface area contributed by atoms with Crippen LogP contribution in [0.15, 0.2) is 42.5 Å². The second-order valence-electron chi connectivity index (χ2n) is 6.65. The molecule has 0 atom stereocenters. The van der Waals surface area contributed by atoms with Gasteiger partial charge in [-0.15, -0.1) is 0 Å². The van der Waals surface area contributed by atoms with Gasteiger partial charge in [-0.25, -0.2) is 0 Å². The van der Waals surface area contributed by atoms with Gasteiger partial charge in [0.2, 0.25) is 0 Å². The summed E-state index contributed by atoms with van der Waals surface area (Å²) in [6.45, 7) is 3.80. The lowest BCUT2D eigenvalue weighted by atomic mass is 9.79. The SMILES string of the molecule is CC1CCC(O)(CNCc2cccc3ccccc23)CC1. The van der Waals surface area contributed by atoms with Crippen molar-refractivity contribution in [3.05, 3.63) is 48.0 Å². The average Bonchev–Trinajstić information content (AvgIpc) is 2.51. The van der Waals surface area contributed by atoms with E-state index in [4.69, 9.17) is 0 Å². The second kappa shape index (κ2) is 6.17. The molecule has 0 saturated heterocycles. The van der Waals surface area contributed by atoms with Crippen LogP contribution in [0, 0.1) is 5.92 Å². The lowest BCUT2D eigenvalue weighted by Crippen LogP contribution is -2.43. The highest BCUT2D eigenvalue weighted by atomic mass is 16.3. The van der Waals surface area contributed by atoms with Gasteiger partial charge in [-0.1, -0.05) is 49.4 Å². The van der Waals surface area contributed by atoms with E-state index in [1.165, 1.54) is 16.3 Å². The number of hydrogen-bond donors (Lipinski definition) is 2. The highest BCUT2D eigenvalue weighted by Crippen LogP contribution is 2.31. The summed E-state index contributed by atoms with van der Waals surface area (Å²) >= 11 is 0. The van der Waals surface area contributed by atoms with Crippen LogP contribution in [0.1, 0.15) is 38.2 Å². The van der Waals surface area contributed by atoms with E-state index in [1.807, 2.05) is 0 Å². The topological polar surface area (TPSA) is 32.3 Å². The van der Waals surface area contributed by atoms with Crippen molar-refractivity contribution in [2.24, 2.45) is 5.92 Å². The molecular weight excluding hydrogens is 258 g/mol. The fraction of sp³-hybridized carbons (Fsp3) is 0.474. The number of fused-ring (bicyclic) bond motifs is 1. The molecule has 21 heavy (non-hydrogen) atoms. The Morgan fingerprint density at radius 1 is 1.10 bits per heavy atom. The molecule has 112 valence electrons. The van der Waals surface area contributed by atoms with Crippen molar-refractivity contribution < 1.29 is 5.11 Å². The van der Waals surface area contributed by atoms with E-state index in [1.54, 1.807) is 0 Å². The van der Waals surface area contributed by atoms with Crippen LogP contribution in [0.3, 0.4) is 0 Å². The Labute approximate surface area is 127 Å². The zero-order valence-corrected chi connectivity index (χ0v) is 12.8. The molecule has 2 heteroatoms. The molecule has 1 aliphatic carbocycles. The summed E-state index contributed by atoms with van der Waals surface area (Å²) in [5.41, 5.74) is 0.803. The number of hydrogen-bond acceptors (Lipinski definition) is 2. The van der Waals surface area contributed by atoms with Crippen LogP contribution >= 0.6 is 0 Å². The molecule has 0 radical (unpaired) electrons. The van der Waals surface area contributed by atoms with Crippen LogP contribution in [0.5, 0.6) is 0 Å². The molecule has 0 amide bonds. The van der Waals surface area contributed by atoms with Crippen LogP contribution < -0.4 is 5.32 Å². The monoisotopic (exact) mass is 283 g/mol. The Morgan fingerprint density at radius 2 is 1.81 bits per heavy atom. The molecule has 0 aliphatic heterocycles. The van der Waals surface area contributed by atoms with Crippen LogP contribution in [-0.2, 0) is 6.54 Å². The molecule has 1 aliphatic rings. The molecule has 2 N–H and O–H groups in total. The maximum absolute atomic E-state index is 10.6. The quantitative estimate of drug-likeness (QED) is 0.892. The highest BCUT2D eigenvalue weighted by Gasteiger charge is 2.31. The van der Waals surface area contributed by atoms with Gasteiger partial charge in [-0.3, -0.25) is 0 Å². The number of benzene rings is 2. The largest absolute Gasteiger partial charge is 0.389 e. The molecular formula is C19H25NO. The Hall–Kier alpha value is -1.38. The average molecular weight is 283 g/mol. The fourth-order valence-electron chi connectivity index (χ4n) is 3.35. The Morgan fingerprint density at radius 3 is 2.62 bits per heavy atom. The van der Waals surface area contributed by atoms with Gasteiger partial charge in [-0.2, -0.15) is 0 Å². The van der Waals surface area contributed by atoms with E-state index in [0.717, 1.165) is 38.1 Å². The molecule has 0 aromatic heterocycles. The van der Waals surface area contributed by atoms with Crippen LogP contribution in [0.4, 0.5) is 0 Å². The zero-order chi connectivity index (χ0) is 14.7. The molecule has 2 nitrogen and oxygen atoms in total. The molecule has 0 spiro atoms. The van der Waals surface area contributed by atoms with Crippen molar-refractivity contribution in [2.45, 2.75) is 44.8 Å². The Bertz CT molecular complexity index is 594. The summed E-state index contributed by atoms with van der Waals surface area (Å²) in [4.78, 5) is 0. The van der Waals surface area contributed by atoms with Crippen LogP contribution in [0.25, 0.3) is 10.8 Å². The van der Waals surface area contributed by atoms with E-state index in [-0.39, 0.29) is 0 Å². The lowest BCUT2D eigenvalue weighted by molar-refractivity contribution is -0.00628. The summed E-state index contributed by atoms with van der Waals surface area (Å²) in [7, 11) is 0. The molecule has 1 saturated carbocycles. The standard InChI is InChI=1S/C19H25NO/c1-15-9-11-19(21,12-10-15)14-20-13-17-7-4-6-16-5-2-3-8-18(16)17/h2-8,15,20-21H,9-14H2,1H3. The van der Waals surface area contributed by atoms with Gasteiger partial charge < -0.3 is 10.4 Å². The minimum absolute atomic E-state index is 0.503. The van der Waals surface area contributed by atoms with Crippen LogP contribution in [0.2, 0.25) is 0 Å². The number of rotatable bonds is 4. The number of aliphatic hydroxyl groups is 1. The predicted molar refractivity (Wildman–Crippen MR) is 88.2 cm³/mol. The van der Waals surface area contributed by atoms with Gasteiger partial charge in [0, 0.05) is 13.1 Å². The van der Waals surface area contributed by atoms with Crippen molar-refractivity contribution in [1.82, 2.24) is 5.32 Å². The van der Waals surface area contributed by atoms with Crippen molar-refractivity contribution in [1.29, 1.82) is 0 Å². The first-order valence-electron chi connectivity index (χ1n) is 8.06. The fourth-order valence-corrected chi connectivity index (χ4v) is 3.35. The van der Waals surface area contributed by atoms with Crippen molar-refractivity contribution in [3.8, 4) is 0 Å². The van der Waals surface area contributed by atoms with E-state index >= 15 is 0 Å². The molecule has 0 bridgehead atoms. The molecule has 2 aromatic carbocycles. The molecule has 0 heterocycles. The third kappa shape index (κ3) is 3.45. The minimum Gasteiger partial charge on any atom is -0.389 e. The number of nitrogens with one attached hydrogen (secondary N) is 1. The van der Waals surface area contributed by atoms with Gasteiger partial charge in [0.05, 0.1) is 5.60 Å². The first-order chi connectivity index (χ1) is 10.2. The van der Waals surface area contributed by atoms with Crippen molar-refractivity contribution in [3.63, 3.8) is 0 Å². The first kappa shape index (κ1) is 14.6. The Kier molecular flexibility index (Phi) is 4.27. The van der Waals surface area contributed by atoms with Gasteiger partial charge in [0.15, 0.2) is 0 Å². The minimum atomic E-state index is -0.503. The summed E-state index contributed by atoms with van der Waals surface area (Å²) in [5, 5.41) is 16.7. The van der Waals surface area contributed by atoms with E-state index in [2.05, 4.69) is 54.7 Å². The van der Waals surface area contributed by atoms with Crippen molar-refractivity contribution in [2.75, 3.05) is 6.54 Å². The maximum atomic E-state index is 10.6. The highest BCUT2D eigenvalue weighted by molar-refractivity contribution is 5.85. The van der Waals surface area contributed by atoms with Gasteiger partial charge in [0.25, 0.3) is 0 Å². The lowest BCUT2D eigenvalue weighted by Gasteiger charge is -2.35. The van der Waals surface area contributed by atoms with Gasteiger partial charge in [0.1, 0.15) is 0 Å². The van der Waals surface area contributed by atoms with Gasteiger partial charge in [-0.05, 0) is 47.9 Å². The molecule has 3 rings (SSSR count). The smallest absolute Gasteiger partial charge is 0.0771 e. The molecule has 1 fully saturated rings. The third-order valence-corrected chi connectivity index (χ3v) is 4.85. The Balaban J connectivity index is 1.62. The summed E-state index contributed by atoms with van der Waals surface area (Å²) in [6.07, 6.45) is 4.15. The van der Waals surface area contributed by atoms with E-state index in [0.29, 0.717) is 6.54 Å².